The molecule has 0 radical (unpaired) electrons. The lowest BCUT2D eigenvalue weighted by Crippen LogP contribution is -2.14. The molecule has 9 nitrogen and oxygen atoms in total. The standard InChI is InChI=1S/C15H13BrN2O7S/c1-24-14-5-2-10(18(20)21)6-9(14)8-25-15(19)12-7-11(26(17,22)23)3-4-13(12)16/h2-7H,8H2,1H3,(H2,17,22,23). The number of hydrogen-bond acceptors (Lipinski definition) is 7. The van der Waals surface area contributed by atoms with Crippen molar-refractivity contribution in [1.29, 1.82) is 0 Å². The van der Waals surface area contributed by atoms with Crippen LogP contribution < -0.4 is 9.88 Å². The molecule has 0 amide bonds. The van der Waals surface area contributed by atoms with Crippen molar-refractivity contribution in [2.45, 2.75) is 11.5 Å². The first-order chi connectivity index (χ1) is 12.1. The third-order valence-corrected chi connectivity index (χ3v) is 4.92. The van der Waals surface area contributed by atoms with E-state index >= 15 is 0 Å². The number of carbonyl (C=O) groups is 1. The number of ether oxygens (including phenoxy) is 2. The molecular weight excluding hydrogens is 432 g/mol. The number of primary sulfonamides is 1. The van der Waals surface area contributed by atoms with Crippen LogP contribution >= 0.6 is 15.9 Å². The van der Waals surface area contributed by atoms with Crippen LogP contribution in [0, 0.1) is 10.1 Å². The molecule has 0 spiro atoms. The van der Waals surface area contributed by atoms with Crippen LogP contribution in [0.2, 0.25) is 0 Å². The number of sulfonamides is 1. The maximum Gasteiger partial charge on any atom is 0.339 e. The fraction of sp³-hybridized carbons (Fsp3) is 0.133. The average molecular weight is 445 g/mol. The van der Waals surface area contributed by atoms with Crippen molar-refractivity contribution in [2.75, 3.05) is 7.11 Å². The van der Waals surface area contributed by atoms with E-state index in [1.54, 1.807) is 0 Å². The fourth-order valence-corrected chi connectivity index (χ4v) is 3.00. The van der Waals surface area contributed by atoms with Gasteiger partial charge in [-0.15, -0.1) is 0 Å². The summed E-state index contributed by atoms with van der Waals surface area (Å²) >= 11 is 3.13. The second kappa shape index (κ2) is 7.81. The minimum Gasteiger partial charge on any atom is -0.496 e. The monoisotopic (exact) mass is 444 g/mol. The number of nitro groups is 1. The molecule has 0 atom stereocenters. The van der Waals surface area contributed by atoms with Crippen LogP contribution in [0.4, 0.5) is 5.69 Å². The molecule has 0 aromatic heterocycles. The smallest absolute Gasteiger partial charge is 0.339 e. The maximum atomic E-state index is 12.3. The topological polar surface area (TPSA) is 139 Å². The van der Waals surface area contributed by atoms with E-state index in [1.807, 2.05) is 0 Å². The highest BCUT2D eigenvalue weighted by Gasteiger charge is 2.18. The molecule has 0 fully saturated rings. The summed E-state index contributed by atoms with van der Waals surface area (Å²) in [6.07, 6.45) is 0. The first-order valence-electron chi connectivity index (χ1n) is 6.94. The number of rotatable bonds is 6. The maximum absolute atomic E-state index is 12.3. The number of nitrogens with two attached hydrogens (primary N) is 1. The zero-order valence-electron chi connectivity index (χ0n) is 13.3. The zero-order chi connectivity index (χ0) is 19.5. The van der Waals surface area contributed by atoms with Crippen molar-refractivity contribution in [3.63, 3.8) is 0 Å². The predicted molar refractivity (Wildman–Crippen MR) is 94.3 cm³/mol. The second-order valence-corrected chi connectivity index (χ2v) is 7.43. The number of hydrogen-bond donors (Lipinski definition) is 1. The number of carbonyl (C=O) groups excluding carboxylic acids is 1. The van der Waals surface area contributed by atoms with Gasteiger partial charge in [0.1, 0.15) is 12.4 Å². The lowest BCUT2D eigenvalue weighted by Gasteiger charge is -2.10. The minimum absolute atomic E-state index is 0.0547. The van der Waals surface area contributed by atoms with Crippen LogP contribution in [0.1, 0.15) is 15.9 Å². The molecule has 0 aliphatic carbocycles. The number of benzene rings is 2. The van der Waals surface area contributed by atoms with Crippen molar-refractivity contribution in [1.82, 2.24) is 0 Å². The van der Waals surface area contributed by atoms with Crippen molar-refractivity contribution in [3.05, 3.63) is 62.1 Å². The lowest BCUT2D eigenvalue weighted by molar-refractivity contribution is -0.385. The number of methoxy groups -OCH3 is 1. The molecule has 0 saturated carbocycles. The van der Waals surface area contributed by atoms with Gasteiger partial charge in [-0.3, -0.25) is 10.1 Å². The average Bonchev–Trinajstić information content (AvgIpc) is 2.58. The molecule has 2 aromatic rings. The molecule has 0 heterocycles. The molecule has 0 aliphatic rings. The summed E-state index contributed by atoms with van der Waals surface area (Å²) in [5, 5.41) is 15.9. The number of esters is 1. The van der Waals surface area contributed by atoms with Gasteiger partial charge in [0.15, 0.2) is 0 Å². The van der Waals surface area contributed by atoms with Gasteiger partial charge >= 0.3 is 5.97 Å². The van der Waals surface area contributed by atoms with Crippen molar-refractivity contribution < 1.29 is 27.6 Å². The van der Waals surface area contributed by atoms with Gasteiger partial charge < -0.3 is 9.47 Å². The van der Waals surface area contributed by atoms with Crippen molar-refractivity contribution in [3.8, 4) is 5.75 Å². The van der Waals surface area contributed by atoms with Crippen LogP contribution in [0.25, 0.3) is 0 Å². The fourth-order valence-electron chi connectivity index (χ4n) is 2.05. The van der Waals surface area contributed by atoms with E-state index < -0.39 is 20.9 Å². The molecule has 0 bridgehead atoms. The normalized spacial score (nSPS) is 11.0. The summed E-state index contributed by atoms with van der Waals surface area (Å²) in [4.78, 5) is 22.3. The van der Waals surface area contributed by atoms with Gasteiger partial charge in [0.2, 0.25) is 10.0 Å². The summed E-state index contributed by atoms with van der Waals surface area (Å²) in [5.74, 6) is -0.531. The molecular formula is C15H13BrN2O7S. The SMILES string of the molecule is COc1ccc([N+](=O)[O-])cc1COC(=O)c1cc(S(N)(=O)=O)ccc1Br. The number of nitro benzene ring substituents is 1. The molecule has 2 N–H and O–H groups in total. The van der Waals surface area contributed by atoms with Crippen LogP contribution in [0.15, 0.2) is 45.8 Å². The van der Waals surface area contributed by atoms with Crippen LogP contribution in [-0.2, 0) is 21.4 Å². The molecule has 2 aromatic carbocycles. The molecule has 0 aliphatic heterocycles. The summed E-state index contributed by atoms with van der Waals surface area (Å²) in [5.41, 5.74) is 0.0453. The minimum atomic E-state index is -3.99. The van der Waals surface area contributed by atoms with E-state index in [9.17, 15) is 23.3 Å². The summed E-state index contributed by atoms with van der Waals surface area (Å²) in [6, 6.07) is 7.54. The Kier molecular flexibility index (Phi) is 5.95. The third-order valence-electron chi connectivity index (χ3n) is 3.32. The van der Waals surface area contributed by atoms with E-state index in [4.69, 9.17) is 14.6 Å². The quantitative estimate of drug-likeness (QED) is 0.409. The van der Waals surface area contributed by atoms with Gasteiger partial charge in [-0.2, -0.15) is 0 Å². The third kappa shape index (κ3) is 4.56. The molecule has 0 unspecified atom stereocenters. The van der Waals surface area contributed by atoms with Gasteiger partial charge in [-0.25, -0.2) is 18.4 Å². The highest BCUT2D eigenvalue weighted by molar-refractivity contribution is 9.10. The molecule has 11 heteroatoms. The molecule has 26 heavy (non-hydrogen) atoms. The molecule has 0 saturated heterocycles. The largest absolute Gasteiger partial charge is 0.496 e. The van der Waals surface area contributed by atoms with Gasteiger partial charge in [0.05, 0.1) is 22.5 Å². The van der Waals surface area contributed by atoms with Gasteiger partial charge in [-0.1, -0.05) is 0 Å². The number of non-ortho nitro benzene ring substituents is 1. The Hall–Kier alpha value is -2.50. The number of halogens is 1. The van der Waals surface area contributed by atoms with E-state index in [0.717, 1.165) is 6.07 Å². The van der Waals surface area contributed by atoms with Crippen molar-refractivity contribution >= 4 is 37.6 Å². The number of nitrogens with zero attached hydrogens (tertiary/aromatic N) is 1. The van der Waals surface area contributed by atoms with E-state index in [-0.39, 0.29) is 28.3 Å². The molecule has 138 valence electrons. The Morgan fingerprint density at radius 2 is 1.96 bits per heavy atom. The summed E-state index contributed by atoms with van der Waals surface area (Å²) in [7, 11) is -2.62. The van der Waals surface area contributed by atoms with E-state index in [0.29, 0.717) is 10.2 Å². The van der Waals surface area contributed by atoms with E-state index in [2.05, 4.69) is 15.9 Å². The first kappa shape index (κ1) is 19.8. The second-order valence-electron chi connectivity index (χ2n) is 5.02. The van der Waals surface area contributed by atoms with Crippen molar-refractivity contribution in [2.24, 2.45) is 5.14 Å². The molecule has 2 rings (SSSR count). The summed E-state index contributed by atoms with van der Waals surface area (Å²) < 4.78 is 33.4. The lowest BCUT2D eigenvalue weighted by atomic mass is 10.2. The van der Waals surface area contributed by atoms with Crippen LogP contribution in [0.5, 0.6) is 5.75 Å². The van der Waals surface area contributed by atoms with Crippen LogP contribution in [0.3, 0.4) is 0 Å². The Balaban J connectivity index is 2.27. The highest BCUT2D eigenvalue weighted by atomic mass is 79.9. The predicted octanol–water partition coefficient (Wildman–Crippen LogP) is 2.37. The van der Waals surface area contributed by atoms with Gasteiger partial charge in [0.25, 0.3) is 5.69 Å². The Morgan fingerprint density at radius 3 is 2.54 bits per heavy atom. The summed E-state index contributed by atoms with van der Waals surface area (Å²) in [6.45, 7) is -0.310. The van der Waals surface area contributed by atoms with Crippen LogP contribution in [-0.4, -0.2) is 26.4 Å². The Labute approximate surface area is 157 Å². The van der Waals surface area contributed by atoms with E-state index in [1.165, 1.54) is 37.4 Å². The highest BCUT2D eigenvalue weighted by Crippen LogP contribution is 2.26. The Bertz CT molecular complexity index is 976. The zero-order valence-corrected chi connectivity index (χ0v) is 15.7. The Morgan fingerprint density at radius 1 is 1.27 bits per heavy atom. The van der Waals surface area contributed by atoms with Gasteiger partial charge in [-0.05, 0) is 40.2 Å². The van der Waals surface area contributed by atoms with Gasteiger partial charge in [0, 0.05) is 22.2 Å². The first-order valence-corrected chi connectivity index (χ1v) is 9.28.